The predicted octanol–water partition coefficient (Wildman–Crippen LogP) is 3.26. The molecule has 0 bridgehead atoms. The lowest BCUT2D eigenvalue weighted by molar-refractivity contribution is -0.172. The molecule has 0 radical (unpaired) electrons. The lowest BCUT2D eigenvalue weighted by Gasteiger charge is -2.46. The van der Waals surface area contributed by atoms with Gasteiger partial charge in [0.25, 0.3) is 0 Å². The highest BCUT2D eigenvalue weighted by Gasteiger charge is 2.71. The minimum Gasteiger partial charge on any atom is -0.462 e. The summed E-state index contributed by atoms with van der Waals surface area (Å²) < 4.78 is 16.9. The van der Waals surface area contributed by atoms with Crippen LogP contribution in [0.25, 0.3) is 0 Å². The molecule has 1 saturated heterocycles. The fourth-order valence-corrected chi connectivity index (χ4v) is 5.64. The van der Waals surface area contributed by atoms with Gasteiger partial charge in [-0.3, -0.25) is 9.59 Å². The third-order valence-corrected chi connectivity index (χ3v) is 7.33. The molecule has 0 aromatic heterocycles. The number of carbonyl (C=O) groups excluding carboxylic acids is 3. The Morgan fingerprint density at radius 2 is 2.04 bits per heavy atom. The molecule has 3 rings (SSSR count). The van der Waals surface area contributed by atoms with E-state index in [0.717, 1.165) is 6.42 Å². The van der Waals surface area contributed by atoms with E-state index in [9.17, 15) is 14.4 Å². The Kier molecular flexibility index (Phi) is 5.67. The number of thioether (sulfide) groups is 1. The van der Waals surface area contributed by atoms with E-state index in [2.05, 4.69) is 20.4 Å². The molecule has 1 spiro atoms. The van der Waals surface area contributed by atoms with E-state index < -0.39 is 29.6 Å². The first-order valence-electron chi connectivity index (χ1n) is 9.59. The molecule has 0 aromatic carbocycles. The lowest BCUT2D eigenvalue weighted by atomic mass is 9.61. The topological polar surface area (TPSA) is 78.9 Å². The average molecular weight is 409 g/mol. The smallest absolute Gasteiger partial charge is 0.331 e. The van der Waals surface area contributed by atoms with E-state index in [1.165, 1.54) is 24.8 Å². The largest absolute Gasteiger partial charge is 0.462 e. The van der Waals surface area contributed by atoms with Gasteiger partial charge in [-0.15, -0.1) is 11.8 Å². The van der Waals surface area contributed by atoms with E-state index >= 15 is 0 Å². The average Bonchev–Trinajstić information content (AvgIpc) is 3.06. The Hall–Kier alpha value is -1.76. The first-order valence-corrected chi connectivity index (χ1v) is 10.9. The van der Waals surface area contributed by atoms with Crippen molar-refractivity contribution >= 4 is 29.7 Å². The Morgan fingerprint density at radius 3 is 2.61 bits per heavy atom. The van der Waals surface area contributed by atoms with Crippen molar-refractivity contribution in [2.24, 2.45) is 22.7 Å². The van der Waals surface area contributed by atoms with Crippen LogP contribution in [0.5, 0.6) is 0 Å². The third kappa shape index (κ3) is 3.17. The van der Waals surface area contributed by atoms with Gasteiger partial charge in [-0.1, -0.05) is 20.4 Å². The summed E-state index contributed by atoms with van der Waals surface area (Å²) in [4.78, 5) is 37.2. The van der Waals surface area contributed by atoms with Crippen molar-refractivity contribution in [1.82, 2.24) is 0 Å². The summed E-state index contributed by atoms with van der Waals surface area (Å²) in [5, 5.41) is 1.64. The van der Waals surface area contributed by atoms with Gasteiger partial charge in [-0.05, 0) is 47.8 Å². The SMILES string of the molecule is C=C1COC(=O)C12CC1(C)C(C)CCC(OC(C)=O)C1C2OC(=O)C=CSC. The number of cyclic esters (lactones) is 1. The fraction of sp³-hybridized carbons (Fsp3) is 0.667. The summed E-state index contributed by atoms with van der Waals surface area (Å²) in [6.07, 6.45) is 4.03. The summed E-state index contributed by atoms with van der Waals surface area (Å²) >= 11 is 1.38. The summed E-state index contributed by atoms with van der Waals surface area (Å²) in [6.45, 7) is 9.85. The van der Waals surface area contributed by atoms with Crippen LogP contribution in [0, 0.1) is 22.7 Å². The first kappa shape index (κ1) is 21.0. The van der Waals surface area contributed by atoms with Crippen molar-refractivity contribution in [3.05, 3.63) is 23.6 Å². The third-order valence-electron chi connectivity index (χ3n) is 6.92. The molecule has 2 aliphatic carbocycles. The van der Waals surface area contributed by atoms with Gasteiger partial charge in [0, 0.05) is 18.9 Å². The number of fused-ring (bicyclic) bond motifs is 1. The molecule has 1 heterocycles. The van der Waals surface area contributed by atoms with Gasteiger partial charge in [0.2, 0.25) is 0 Å². The summed E-state index contributed by atoms with van der Waals surface area (Å²) in [6, 6.07) is 0. The summed E-state index contributed by atoms with van der Waals surface area (Å²) in [7, 11) is 0. The van der Waals surface area contributed by atoms with Crippen molar-refractivity contribution in [2.45, 2.75) is 52.2 Å². The molecule has 2 saturated carbocycles. The van der Waals surface area contributed by atoms with E-state index in [0.29, 0.717) is 18.4 Å². The number of esters is 3. The number of ether oxygens (including phenoxy) is 3. The molecule has 0 N–H and O–H groups in total. The van der Waals surface area contributed by atoms with Gasteiger partial charge in [-0.2, -0.15) is 0 Å². The molecule has 1 aliphatic heterocycles. The van der Waals surface area contributed by atoms with E-state index in [4.69, 9.17) is 14.2 Å². The highest BCUT2D eigenvalue weighted by Crippen LogP contribution is 2.66. The van der Waals surface area contributed by atoms with Gasteiger partial charge in [0.1, 0.15) is 24.2 Å². The molecule has 6 nitrogen and oxygen atoms in total. The molecular weight excluding hydrogens is 380 g/mol. The van der Waals surface area contributed by atoms with Crippen LogP contribution in [0.2, 0.25) is 0 Å². The van der Waals surface area contributed by atoms with Crippen molar-refractivity contribution in [1.29, 1.82) is 0 Å². The number of hydrogen-bond donors (Lipinski definition) is 0. The second-order valence-corrected chi connectivity index (χ2v) is 9.13. The highest BCUT2D eigenvalue weighted by molar-refractivity contribution is 8.01. The van der Waals surface area contributed by atoms with E-state index in [-0.39, 0.29) is 29.8 Å². The fourth-order valence-electron chi connectivity index (χ4n) is 5.39. The van der Waals surface area contributed by atoms with Crippen molar-refractivity contribution < 1.29 is 28.6 Å². The van der Waals surface area contributed by atoms with Gasteiger partial charge in [0.05, 0.1) is 0 Å². The second kappa shape index (κ2) is 7.58. The Balaban J connectivity index is 2.08. The monoisotopic (exact) mass is 408 g/mol. The van der Waals surface area contributed by atoms with Crippen LogP contribution in [0.4, 0.5) is 0 Å². The molecular formula is C21H28O6S. The quantitative estimate of drug-likeness (QED) is 0.306. The standard InChI is InChI=1S/C21H28O6S/c1-12-6-7-15(26-14(3)22)17-18(27-16(23)8-9-28-5)21(11-20(12,17)4)13(2)10-25-19(21)24/h8-9,12,15,17-18H,2,6-7,10-11H2,1,3-5H3. The molecule has 6 atom stereocenters. The minimum absolute atomic E-state index is 0.128. The maximum absolute atomic E-state index is 12.9. The maximum Gasteiger partial charge on any atom is 0.331 e. The summed E-state index contributed by atoms with van der Waals surface area (Å²) in [5.41, 5.74) is -0.800. The van der Waals surface area contributed by atoms with Crippen molar-refractivity contribution in [3.63, 3.8) is 0 Å². The van der Waals surface area contributed by atoms with Gasteiger partial charge in [-0.25, -0.2) is 4.79 Å². The highest BCUT2D eigenvalue weighted by atomic mass is 32.2. The number of carbonyl (C=O) groups is 3. The Bertz CT molecular complexity index is 712. The molecule has 3 fully saturated rings. The van der Waals surface area contributed by atoms with Crippen LogP contribution in [-0.4, -0.2) is 43.0 Å². The second-order valence-electron chi connectivity index (χ2n) is 8.38. The molecule has 6 unspecified atom stereocenters. The van der Waals surface area contributed by atoms with Gasteiger partial charge < -0.3 is 14.2 Å². The minimum atomic E-state index is -1.08. The summed E-state index contributed by atoms with van der Waals surface area (Å²) in [5.74, 6) is -1.31. The number of hydrogen-bond acceptors (Lipinski definition) is 7. The molecule has 0 amide bonds. The molecule has 3 aliphatic rings. The molecule has 154 valence electrons. The normalized spacial score (nSPS) is 39.9. The van der Waals surface area contributed by atoms with E-state index in [1.54, 1.807) is 5.41 Å². The van der Waals surface area contributed by atoms with E-state index in [1.807, 2.05) is 6.26 Å². The van der Waals surface area contributed by atoms with Crippen LogP contribution in [0.1, 0.15) is 40.0 Å². The maximum atomic E-state index is 12.9. The molecule has 7 heteroatoms. The lowest BCUT2D eigenvalue weighted by Crippen LogP contribution is -2.50. The van der Waals surface area contributed by atoms with Crippen molar-refractivity contribution in [3.8, 4) is 0 Å². The van der Waals surface area contributed by atoms with Crippen molar-refractivity contribution in [2.75, 3.05) is 12.9 Å². The van der Waals surface area contributed by atoms with Gasteiger partial charge >= 0.3 is 17.9 Å². The van der Waals surface area contributed by atoms with Crippen LogP contribution < -0.4 is 0 Å². The zero-order chi connectivity index (χ0) is 20.7. The van der Waals surface area contributed by atoms with Crippen LogP contribution in [0.3, 0.4) is 0 Å². The zero-order valence-corrected chi connectivity index (χ0v) is 17.7. The Labute approximate surface area is 170 Å². The van der Waals surface area contributed by atoms with Crippen LogP contribution >= 0.6 is 11.8 Å². The molecule has 28 heavy (non-hydrogen) atoms. The molecule has 0 aromatic rings. The van der Waals surface area contributed by atoms with Crippen LogP contribution in [-0.2, 0) is 28.6 Å². The number of rotatable bonds is 4. The Morgan fingerprint density at radius 1 is 1.32 bits per heavy atom. The first-order chi connectivity index (χ1) is 13.2. The zero-order valence-electron chi connectivity index (χ0n) is 16.9. The van der Waals surface area contributed by atoms with Crippen LogP contribution in [0.15, 0.2) is 23.6 Å². The van der Waals surface area contributed by atoms with Gasteiger partial charge in [0.15, 0.2) is 0 Å². The predicted molar refractivity (Wildman–Crippen MR) is 105 cm³/mol.